The van der Waals surface area contributed by atoms with Crippen LogP contribution in [0.15, 0.2) is 44.2 Å². The summed E-state index contributed by atoms with van der Waals surface area (Å²) < 4.78 is 7.08. The minimum Gasteiger partial charge on any atom is -0.408 e. The highest BCUT2D eigenvalue weighted by molar-refractivity contribution is 7.08. The summed E-state index contributed by atoms with van der Waals surface area (Å²) in [5.74, 6) is -0.277. The molecular weight excluding hydrogens is 284 g/mol. The Bertz CT molecular complexity index is 786. The summed E-state index contributed by atoms with van der Waals surface area (Å²) in [6.07, 6.45) is 0.907. The molecule has 0 spiro atoms. The van der Waals surface area contributed by atoms with Crippen molar-refractivity contribution in [3.63, 3.8) is 0 Å². The van der Waals surface area contributed by atoms with Crippen LogP contribution in [0.1, 0.15) is 30.5 Å². The van der Waals surface area contributed by atoms with Crippen LogP contribution in [0.5, 0.6) is 0 Å². The third-order valence-electron chi connectivity index (χ3n) is 3.64. The normalized spacial score (nSPS) is 12.9. The number of rotatable bonds is 5. The molecule has 1 N–H and O–H groups in total. The number of benzene rings is 1. The lowest BCUT2D eigenvalue weighted by Gasteiger charge is -2.15. The summed E-state index contributed by atoms with van der Waals surface area (Å²) in [7, 11) is 1.94. The number of hydrogen-bond donors (Lipinski definition) is 1. The third-order valence-corrected chi connectivity index (χ3v) is 4.34. The minimum absolute atomic E-state index is 0.112. The van der Waals surface area contributed by atoms with E-state index in [1.165, 1.54) is 5.56 Å². The Morgan fingerprint density at radius 3 is 2.86 bits per heavy atom. The Morgan fingerprint density at radius 1 is 1.33 bits per heavy atom. The highest BCUT2D eigenvalue weighted by Gasteiger charge is 2.15. The van der Waals surface area contributed by atoms with Gasteiger partial charge >= 0.3 is 5.76 Å². The van der Waals surface area contributed by atoms with Crippen LogP contribution in [0, 0.1) is 0 Å². The van der Waals surface area contributed by atoms with Gasteiger partial charge in [0.1, 0.15) is 0 Å². The number of aromatic nitrogens is 1. The quantitative estimate of drug-likeness (QED) is 0.786. The van der Waals surface area contributed by atoms with Gasteiger partial charge in [0.25, 0.3) is 0 Å². The molecule has 0 bridgehead atoms. The number of fused-ring (bicyclic) bond motifs is 1. The van der Waals surface area contributed by atoms with E-state index in [0.717, 1.165) is 17.5 Å². The van der Waals surface area contributed by atoms with E-state index in [4.69, 9.17) is 4.42 Å². The highest BCUT2D eigenvalue weighted by Crippen LogP contribution is 2.26. The minimum atomic E-state index is -0.277. The van der Waals surface area contributed by atoms with Crippen LogP contribution < -0.4 is 11.1 Å². The molecule has 1 unspecified atom stereocenters. The van der Waals surface area contributed by atoms with Gasteiger partial charge in [-0.25, -0.2) is 4.79 Å². The maximum Gasteiger partial charge on any atom is 0.419 e. The number of nitrogens with one attached hydrogen (secondary N) is 1. The first-order valence-electron chi connectivity index (χ1n) is 7.07. The summed E-state index contributed by atoms with van der Waals surface area (Å²) in [5.41, 5.74) is 3.84. The molecule has 3 rings (SSSR count). The summed E-state index contributed by atoms with van der Waals surface area (Å²) in [5, 5.41) is 7.51. The zero-order valence-electron chi connectivity index (χ0n) is 12.1. The van der Waals surface area contributed by atoms with Crippen LogP contribution in [0.25, 0.3) is 11.1 Å². The summed E-state index contributed by atoms with van der Waals surface area (Å²) in [4.78, 5) is 11.9. The van der Waals surface area contributed by atoms with Crippen molar-refractivity contribution in [1.82, 2.24) is 9.88 Å². The van der Waals surface area contributed by atoms with Crippen LogP contribution in [0.2, 0.25) is 0 Å². The average Bonchev–Trinajstić information content (AvgIpc) is 3.09. The van der Waals surface area contributed by atoms with Crippen LogP contribution in [0.4, 0.5) is 0 Å². The van der Waals surface area contributed by atoms with Gasteiger partial charge in [-0.05, 0) is 53.6 Å². The molecule has 110 valence electrons. The molecule has 21 heavy (non-hydrogen) atoms. The molecule has 2 aromatic heterocycles. The van der Waals surface area contributed by atoms with Gasteiger partial charge in [0, 0.05) is 6.54 Å². The first-order valence-corrected chi connectivity index (χ1v) is 8.01. The third kappa shape index (κ3) is 2.54. The van der Waals surface area contributed by atoms with Crippen molar-refractivity contribution < 1.29 is 4.42 Å². The van der Waals surface area contributed by atoms with Gasteiger partial charge in [-0.2, -0.15) is 11.3 Å². The van der Waals surface area contributed by atoms with Gasteiger partial charge in [0.15, 0.2) is 5.58 Å². The van der Waals surface area contributed by atoms with E-state index in [2.05, 4.69) is 28.2 Å². The molecule has 5 heteroatoms. The molecule has 0 amide bonds. The van der Waals surface area contributed by atoms with E-state index in [0.29, 0.717) is 12.1 Å². The maximum atomic E-state index is 11.9. The highest BCUT2D eigenvalue weighted by atomic mass is 32.1. The van der Waals surface area contributed by atoms with Crippen molar-refractivity contribution in [2.75, 3.05) is 7.05 Å². The van der Waals surface area contributed by atoms with Crippen molar-refractivity contribution in [1.29, 1.82) is 0 Å². The number of hydrogen-bond acceptors (Lipinski definition) is 4. The van der Waals surface area contributed by atoms with Crippen molar-refractivity contribution in [3.05, 3.63) is 56.7 Å². The number of oxazole rings is 1. The topological polar surface area (TPSA) is 47.2 Å². The van der Waals surface area contributed by atoms with Crippen LogP contribution in [-0.2, 0) is 6.54 Å². The van der Waals surface area contributed by atoms with E-state index in [1.54, 1.807) is 15.9 Å². The van der Waals surface area contributed by atoms with Gasteiger partial charge in [0.2, 0.25) is 0 Å². The SMILES string of the molecule is CCCn1c(=O)oc2cc(C(NC)c3ccsc3)ccc21. The summed E-state index contributed by atoms with van der Waals surface area (Å²) in [6.45, 7) is 2.73. The lowest BCUT2D eigenvalue weighted by atomic mass is 10.0. The number of thiophene rings is 1. The molecule has 0 radical (unpaired) electrons. The van der Waals surface area contributed by atoms with Gasteiger partial charge in [-0.1, -0.05) is 13.0 Å². The largest absolute Gasteiger partial charge is 0.419 e. The summed E-state index contributed by atoms with van der Waals surface area (Å²) in [6, 6.07) is 8.21. The van der Waals surface area contributed by atoms with E-state index in [-0.39, 0.29) is 11.8 Å². The smallest absolute Gasteiger partial charge is 0.408 e. The van der Waals surface area contributed by atoms with Crippen LogP contribution in [-0.4, -0.2) is 11.6 Å². The Hall–Kier alpha value is -1.85. The predicted molar refractivity (Wildman–Crippen MR) is 86.0 cm³/mol. The van der Waals surface area contributed by atoms with E-state index in [1.807, 2.05) is 26.1 Å². The Labute approximate surface area is 127 Å². The molecule has 0 saturated carbocycles. The lowest BCUT2D eigenvalue weighted by molar-refractivity contribution is 0.502. The predicted octanol–water partition coefficient (Wildman–Crippen LogP) is 3.37. The standard InChI is InChI=1S/C16H18N2O2S/c1-3-7-18-13-5-4-11(9-14(13)20-16(18)19)15(17-2)12-6-8-21-10-12/h4-6,8-10,15,17H,3,7H2,1-2H3. The van der Waals surface area contributed by atoms with Gasteiger partial charge in [0.05, 0.1) is 11.6 Å². The monoisotopic (exact) mass is 302 g/mol. The second kappa shape index (κ2) is 5.87. The molecule has 3 aromatic rings. The number of aryl methyl sites for hydroxylation is 1. The fourth-order valence-corrected chi connectivity index (χ4v) is 3.35. The molecule has 4 nitrogen and oxygen atoms in total. The van der Waals surface area contributed by atoms with E-state index < -0.39 is 0 Å². The summed E-state index contributed by atoms with van der Waals surface area (Å²) >= 11 is 1.68. The van der Waals surface area contributed by atoms with Gasteiger partial charge in [-0.15, -0.1) is 0 Å². The number of nitrogens with zero attached hydrogens (tertiary/aromatic N) is 1. The molecule has 0 aliphatic rings. The molecule has 0 aliphatic heterocycles. The Kier molecular flexibility index (Phi) is 3.94. The van der Waals surface area contributed by atoms with Crippen LogP contribution in [0.3, 0.4) is 0 Å². The van der Waals surface area contributed by atoms with Crippen molar-refractivity contribution in [3.8, 4) is 0 Å². The molecule has 1 aromatic carbocycles. The molecule has 0 aliphatic carbocycles. The van der Waals surface area contributed by atoms with Gasteiger partial charge < -0.3 is 9.73 Å². The molecular formula is C16H18N2O2S. The molecule has 0 fully saturated rings. The van der Waals surface area contributed by atoms with Crippen molar-refractivity contribution in [2.45, 2.75) is 25.9 Å². The van der Waals surface area contributed by atoms with Crippen LogP contribution >= 0.6 is 11.3 Å². The first-order chi connectivity index (χ1) is 10.2. The second-order valence-electron chi connectivity index (χ2n) is 5.03. The Balaban J connectivity index is 2.07. The lowest BCUT2D eigenvalue weighted by Crippen LogP contribution is -2.16. The van der Waals surface area contributed by atoms with E-state index in [9.17, 15) is 4.79 Å². The van der Waals surface area contributed by atoms with Gasteiger partial charge in [-0.3, -0.25) is 4.57 Å². The second-order valence-corrected chi connectivity index (χ2v) is 5.81. The molecule has 2 heterocycles. The molecule has 0 saturated heterocycles. The zero-order chi connectivity index (χ0) is 14.8. The fraction of sp³-hybridized carbons (Fsp3) is 0.312. The molecule has 1 atom stereocenters. The average molecular weight is 302 g/mol. The Morgan fingerprint density at radius 2 is 2.19 bits per heavy atom. The first kappa shape index (κ1) is 14.1. The van der Waals surface area contributed by atoms with Crippen molar-refractivity contribution >= 4 is 22.4 Å². The van der Waals surface area contributed by atoms with Crippen molar-refractivity contribution in [2.24, 2.45) is 0 Å². The maximum absolute atomic E-state index is 11.9. The van der Waals surface area contributed by atoms with E-state index >= 15 is 0 Å². The zero-order valence-corrected chi connectivity index (χ0v) is 12.9. The fourth-order valence-electron chi connectivity index (χ4n) is 2.66.